The lowest BCUT2D eigenvalue weighted by molar-refractivity contribution is -0.118. The molecule has 0 saturated carbocycles. The van der Waals surface area contributed by atoms with Gasteiger partial charge < -0.3 is 19.3 Å². The molecule has 0 bridgehead atoms. The van der Waals surface area contributed by atoms with Crippen molar-refractivity contribution in [1.29, 1.82) is 0 Å². The highest BCUT2D eigenvalue weighted by Crippen LogP contribution is 2.37. The minimum atomic E-state index is -0.232. The SMILES string of the molecule is COC(C)CCC(O)C1CCOC2(CCOC2)C1. The Kier molecular flexibility index (Phi) is 5.01. The third-order valence-electron chi connectivity index (χ3n) is 4.41. The molecular formula is C14H26O4. The second-order valence-corrected chi connectivity index (χ2v) is 5.78. The van der Waals surface area contributed by atoms with Crippen molar-refractivity contribution in [1.82, 2.24) is 0 Å². The van der Waals surface area contributed by atoms with Crippen molar-refractivity contribution in [2.45, 2.75) is 56.8 Å². The quantitative estimate of drug-likeness (QED) is 0.816. The Morgan fingerprint density at radius 1 is 1.39 bits per heavy atom. The third-order valence-corrected chi connectivity index (χ3v) is 4.41. The highest BCUT2D eigenvalue weighted by atomic mass is 16.6. The Hall–Kier alpha value is -0.160. The van der Waals surface area contributed by atoms with E-state index in [9.17, 15) is 5.11 Å². The molecule has 1 spiro atoms. The number of hydrogen-bond acceptors (Lipinski definition) is 4. The summed E-state index contributed by atoms with van der Waals surface area (Å²) in [4.78, 5) is 0. The van der Waals surface area contributed by atoms with Crippen LogP contribution in [-0.4, -0.2) is 49.8 Å². The molecule has 106 valence electrons. The highest BCUT2D eigenvalue weighted by Gasteiger charge is 2.42. The maximum atomic E-state index is 10.3. The molecule has 2 aliphatic heterocycles. The summed E-state index contributed by atoms with van der Waals surface area (Å²) in [7, 11) is 1.72. The van der Waals surface area contributed by atoms with Crippen molar-refractivity contribution in [2.75, 3.05) is 26.9 Å². The van der Waals surface area contributed by atoms with Crippen LogP contribution in [0, 0.1) is 5.92 Å². The summed E-state index contributed by atoms with van der Waals surface area (Å²) >= 11 is 0. The smallest absolute Gasteiger partial charge is 0.0940 e. The van der Waals surface area contributed by atoms with Crippen molar-refractivity contribution in [3.05, 3.63) is 0 Å². The predicted octanol–water partition coefficient (Wildman–Crippen LogP) is 1.75. The maximum absolute atomic E-state index is 10.3. The summed E-state index contributed by atoms with van der Waals surface area (Å²) in [5, 5.41) is 10.3. The van der Waals surface area contributed by atoms with Gasteiger partial charge in [0.15, 0.2) is 0 Å². The molecule has 4 unspecified atom stereocenters. The van der Waals surface area contributed by atoms with Crippen LogP contribution >= 0.6 is 0 Å². The lowest BCUT2D eigenvalue weighted by Crippen LogP contribution is -2.43. The molecule has 2 aliphatic rings. The predicted molar refractivity (Wildman–Crippen MR) is 68.6 cm³/mol. The van der Waals surface area contributed by atoms with E-state index in [-0.39, 0.29) is 17.8 Å². The molecule has 0 amide bonds. The fourth-order valence-electron chi connectivity index (χ4n) is 3.02. The molecule has 1 N–H and O–H groups in total. The normalized spacial score (nSPS) is 35.8. The number of ether oxygens (including phenoxy) is 3. The summed E-state index contributed by atoms with van der Waals surface area (Å²) in [6.07, 6.45) is 4.60. The maximum Gasteiger partial charge on any atom is 0.0940 e. The first-order chi connectivity index (χ1) is 8.65. The summed E-state index contributed by atoms with van der Waals surface area (Å²) in [6, 6.07) is 0. The molecule has 4 heteroatoms. The average molecular weight is 258 g/mol. The zero-order valence-corrected chi connectivity index (χ0v) is 11.6. The van der Waals surface area contributed by atoms with Crippen LogP contribution in [0.2, 0.25) is 0 Å². The Bertz CT molecular complexity index is 250. The van der Waals surface area contributed by atoms with E-state index in [4.69, 9.17) is 14.2 Å². The van der Waals surface area contributed by atoms with Gasteiger partial charge in [0, 0.05) is 26.7 Å². The molecule has 2 fully saturated rings. The van der Waals surface area contributed by atoms with Gasteiger partial charge >= 0.3 is 0 Å². The zero-order chi connectivity index (χ0) is 13.0. The van der Waals surface area contributed by atoms with Gasteiger partial charge in [0.25, 0.3) is 0 Å². The highest BCUT2D eigenvalue weighted by molar-refractivity contribution is 4.92. The summed E-state index contributed by atoms with van der Waals surface area (Å²) in [6.45, 7) is 4.29. The van der Waals surface area contributed by atoms with E-state index in [0.717, 1.165) is 45.3 Å². The molecule has 0 aromatic rings. The van der Waals surface area contributed by atoms with Crippen LogP contribution in [-0.2, 0) is 14.2 Å². The largest absolute Gasteiger partial charge is 0.393 e. The number of hydrogen-bond donors (Lipinski definition) is 1. The van der Waals surface area contributed by atoms with Gasteiger partial charge in [-0.2, -0.15) is 0 Å². The van der Waals surface area contributed by atoms with Crippen LogP contribution < -0.4 is 0 Å². The van der Waals surface area contributed by atoms with Crippen LogP contribution in [0.25, 0.3) is 0 Å². The van der Waals surface area contributed by atoms with Gasteiger partial charge in [0.1, 0.15) is 0 Å². The van der Waals surface area contributed by atoms with E-state index >= 15 is 0 Å². The van der Waals surface area contributed by atoms with Crippen molar-refractivity contribution < 1.29 is 19.3 Å². The Balaban J connectivity index is 1.80. The first-order valence-corrected chi connectivity index (χ1v) is 7.08. The third kappa shape index (κ3) is 3.44. The topological polar surface area (TPSA) is 47.9 Å². The van der Waals surface area contributed by atoms with Gasteiger partial charge in [-0.05, 0) is 38.5 Å². The van der Waals surface area contributed by atoms with E-state index in [1.54, 1.807) is 7.11 Å². The van der Waals surface area contributed by atoms with Crippen molar-refractivity contribution in [3.63, 3.8) is 0 Å². The minimum Gasteiger partial charge on any atom is -0.393 e. The van der Waals surface area contributed by atoms with Crippen molar-refractivity contribution in [2.24, 2.45) is 5.92 Å². The number of aliphatic hydroxyl groups is 1. The van der Waals surface area contributed by atoms with Gasteiger partial charge in [-0.3, -0.25) is 0 Å². The standard InChI is InChI=1S/C14H26O4/c1-11(16-2)3-4-13(15)12-5-7-18-14(9-12)6-8-17-10-14/h11-13,15H,3-10H2,1-2H3. The molecule has 18 heavy (non-hydrogen) atoms. The number of aliphatic hydroxyl groups excluding tert-OH is 1. The first-order valence-electron chi connectivity index (χ1n) is 7.08. The second kappa shape index (κ2) is 6.33. The minimum absolute atomic E-state index is 0.100. The molecule has 0 aromatic carbocycles. The van der Waals surface area contributed by atoms with E-state index in [0.29, 0.717) is 12.5 Å². The summed E-state index contributed by atoms with van der Waals surface area (Å²) < 4.78 is 16.6. The van der Waals surface area contributed by atoms with E-state index in [1.165, 1.54) is 0 Å². The number of methoxy groups -OCH3 is 1. The summed E-state index contributed by atoms with van der Waals surface area (Å²) in [5.41, 5.74) is -0.100. The molecular weight excluding hydrogens is 232 g/mol. The molecule has 4 nitrogen and oxygen atoms in total. The Labute approximate surface area is 110 Å². The van der Waals surface area contributed by atoms with Crippen LogP contribution in [0.4, 0.5) is 0 Å². The molecule has 2 heterocycles. The molecule has 0 radical (unpaired) electrons. The van der Waals surface area contributed by atoms with E-state index in [1.807, 2.05) is 6.92 Å². The Morgan fingerprint density at radius 2 is 2.22 bits per heavy atom. The van der Waals surface area contributed by atoms with Crippen LogP contribution in [0.1, 0.15) is 39.0 Å². The monoisotopic (exact) mass is 258 g/mol. The lowest BCUT2D eigenvalue weighted by atomic mass is 9.81. The fourth-order valence-corrected chi connectivity index (χ4v) is 3.02. The van der Waals surface area contributed by atoms with Gasteiger partial charge in [0.05, 0.1) is 24.4 Å². The zero-order valence-electron chi connectivity index (χ0n) is 11.6. The Morgan fingerprint density at radius 3 is 2.89 bits per heavy atom. The van der Waals surface area contributed by atoms with Gasteiger partial charge in [-0.1, -0.05) is 0 Å². The van der Waals surface area contributed by atoms with Gasteiger partial charge in [-0.15, -0.1) is 0 Å². The molecule has 2 saturated heterocycles. The van der Waals surface area contributed by atoms with Gasteiger partial charge in [0.2, 0.25) is 0 Å². The number of rotatable bonds is 5. The summed E-state index contributed by atoms with van der Waals surface area (Å²) in [5.74, 6) is 0.351. The second-order valence-electron chi connectivity index (χ2n) is 5.78. The molecule has 0 aliphatic carbocycles. The van der Waals surface area contributed by atoms with E-state index < -0.39 is 0 Å². The lowest BCUT2D eigenvalue weighted by Gasteiger charge is -2.39. The molecule has 4 atom stereocenters. The average Bonchev–Trinajstić information content (AvgIpc) is 2.83. The van der Waals surface area contributed by atoms with Gasteiger partial charge in [-0.25, -0.2) is 0 Å². The fraction of sp³-hybridized carbons (Fsp3) is 1.00. The van der Waals surface area contributed by atoms with Crippen LogP contribution in [0.5, 0.6) is 0 Å². The van der Waals surface area contributed by atoms with Crippen molar-refractivity contribution >= 4 is 0 Å². The van der Waals surface area contributed by atoms with E-state index in [2.05, 4.69) is 0 Å². The van der Waals surface area contributed by atoms with Crippen molar-refractivity contribution in [3.8, 4) is 0 Å². The molecule has 2 rings (SSSR count). The van der Waals surface area contributed by atoms with Crippen LogP contribution in [0.15, 0.2) is 0 Å². The van der Waals surface area contributed by atoms with Crippen LogP contribution in [0.3, 0.4) is 0 Å². The first kappa shape index (κ1) is 14.3. The molecule has 0 aromatic heterocycles.